The Balaban J connectivity index is 0.00000300. The lowest BCUT2D eigenvalue weighted by atomic mass is 9.79. The molecule has 0 radical (unpaired) electrons. The van der Waals surface area contributed by atoms with Gasteiger partial charge in [-0.1, -0.05) is 13.8 Å². The van der Waals surface area contributed by atoms with Crippen LogP contribution in [0.4, 0.5) is 0 Å². The summed E-state index contributed by atoms with van der Waals surface area (Å²) in [5.41, 5.74) is -0.120. The summed E-state index contributed by atoms with van der Waals surface area (Å²) in [7, 11) is 3.72. The number of ether oxygens (including phenoxy) is 2. The molecule has 3 fully saturated rings. The molecule has 0 aromatic carbocycles. The van der Waals surface area contributed by atoms with Gasteiger partial charge in [-0.3, -0.25) is 9.89 Å². The molecular weight excluding hydrogens is 479 g/mol. The molecule has 6 nitrogen and oxygen atoms in total. The van der Waals surface area contributed by atoms with Crippen LogP contribution in [-0.4, -0.2) is 87.5 Å². The molecule has 0 bridgehead atoms. The first-order valence-electron chi connectivity index (χ1n) is 11.4. The van der Waals surface area contributed by atoms with Crippen molar-refractivity contribution in [3.05, 3.63) is 0 Å². The van der Waals surface area contributed by atoms with Gasteiger partial charge >= 0.3 is 0 Å². The van der Waals surface area contributed by atoms with E-state index in [0.29, 0.717) is 0 Å². The topological polar surface area (TPSA) is 49.3 Å². The molecule has 0 atom stereocenters. The number of aliphatic imine (C=N–C) groups is 1. The first-order valence-corrected chi connectivity index (χ1v) is 11.4. The Kier molecular flexibility index (Phi) is 10.5. The Morgan fingerprint density at radius 3 is 2.24 bits per heavy atom. The Hall–Kier alpha value is -0.120. The molecule has 1 N–H and O–H groups in total. The van der Waals surface area contributed by atoms with E-state index in [1.54, 1.807) is 0 Å². The fourth-order valence-electron chi connectivity index (χ4n) is 5.20. The van der Waals surface area contributed by atoms with E-state index in [-0.39, 0.29) is 29.6 Å². The van der Waals surface area contributed by atoms with Crippen LogP contribution in [0.2, 0.25) is 0 Å². The standard InChI is InChI=1S/C22H42N4O2.HI/c1-18(2)19-5-7-20(8-6-19)25-11-13-26(14-12-25)21(23-3)24-17-22(27-4)9-15-28-16-10-22;/h18-20H,5-17H2,1-4H3,(H,23,24);1H. The van der Waals surface area contributed by atoms with Crippen molar-refractivity contribution in [2.75, 3.05) is 60.1 Å². The zero-order valence-electron chi connectivity index (χ0n) is 19.0. The molecule has 7 heteroatoms. The monoisotopic (exact) mass is 522 g/mol. The molecule has 29 heavy (non-hydrogen) atoms. The van der Waals surface area contributed by atoms with Crippen molar-refractivity contribution in [3.63, 3.8) is 0 Å². The molecule has 0 amide bonds. The Morgan fingerprint density at radius 1 is 1.10 bits per heavy atom. The third-order valence-electron chi connectivity index (χ3n) is 7.43. The summed E-state index contributed by atoms with van der Waals surface area (Å²) in [6, 6.07) is 0.797. The normalized spacial score (nSPS) is 28.9. The van der Waals surface area contributed by atoms with Crippen LogP contribution in [0, 0.1) is 11.8 Å². The molecule has 2 heterocycles. The predicted molar refractivity (Wildman–Crippen MR) is 130 cm³/mol. The van der Waals surface area contributed by atoms with Crippen LogP contribution in [0.3, 0.4) is 0 Å². The minimum Gasteiger partial charge on any atom is -0.381 e. The molecule has 2 aliphatic heterocycles. The van der Waals surface area contributed by atoms with Crippen molar-refractivity contribution in [2.24, 2.45) is 16.8 Å². The summed E-state index contributed by atoms with van der Waals surface area (Å²) in [4.78, 5) is 9.70. The second-order valence-corrected chi connectivity index (χ2v) is 9.24. The van der Waals surface area contributed by atoms with Crippen molar-refractivity contribution in [1.29, 1.82) is 0 Å². The van der Waals surface area contributed by atoms with Crippen molar-refractivity contribution in [3.8, 4) is 0 Å². The predicted octanol–water partition coefficient (Wildman–Crippen LogP) is 3.21. The summed E-state index contributed by atoms with van der Waals surface area (Å²) in [5.74, 6) is 2.81. The second-order valence-electron chi connectivity index (χ2n) is 9.24. The van der Waals surface area contributed by atoms with Gasteiger partial charge in [0.15, 0.2) is 5.96 Å². The van der Waals surface area contributed by atoms with Crippen LogP contribution >= 0.6 is 24.0 Å². The second kappa shape index (κ2) is 12.1. The number of rotatable bonds is 5. The van der Waals surface area contributed by atoms with Gasteiger partial charge in [-0.15, -0.1) is 24.0 Å². The van der Waals surface area contributed by atoms with Crippen LogP contribution in [0.1, 0.15) is 52.4 Å². The van der Waals surface area contributed by atoms with Crippen molar-refractivity contribution >= 4 is 29.9 Å². The van der Waals surface area contributed by atoms with Gasteiger partial charge in [0, 0.05) is 79.0 Å². The van der Waals surface area contributed by atoms with Gasteiger partial charge < -0.3 is 19.7 Å². The molecule has 0 aromatic rings. The van der Waals surface area contributed by atoms with Crippen molar-refractivity contribution in [2.45, 2.75) is 64.0 Å². The summed E-state index contributed by atoms with van der Waals surface area (Å²) in [6.45, 7) is 11.6. The number of methoxy groups -OCH3 is 1. The SMILES string of the molecule is CN=C(NCC1(OC)CCOCC1)N1CCN(C2CCC(C(C)C)CC2)CC1.I. The lowest BCUT2D eigenvalue weighted by Crippen LogP contribution is -2.57. The van der Waals surface area contributed by atoms with Crippen LogP contribution in [0.15, 0.2) is 4.99 Å². The first kappa shape index (κ1) is 25.1. The molecule has 170 valence electrons. The summed E-state index contributed by atoms with van der Waals surface area (Å²) in [6.07, 6.45) is 7.48. The van der Waals surface area contributed by atoms with E-state index in [4.69, 9.17) is 9.47 Å². The molecule has 0 aromatic heterocycles. The number of halogens is 1. The molecule has 2 saturated heterocycles. The average Bonchev–Trinajstić information content (AvgIpc) is 2.75. The Morgan fingerprint density at radius 2 is 1.72 bits per heavy atom. The lowest BCUT2D eigenvalue weighted by molar-refractivity contribution is -0.0858. The van der Waals surface area contributed by atoms with Gasteiger partial charge in [0.2, 0.25) is 0 Å². The number of piperazine rings is 1. The zero-order valence-corrected chi connectivity index (χ0v) is 21.3. The lowest BCUT2D eigenvalue weighted by Gasteiger charge is -2.43. The van der Waals surface area contributed by atoms with Crippen LogP contribution in [-0.2, 0) is 9.47 Å². The van der Waals surface area contributed by atoms with Crippen molar-refractivity contribution in [1.82, 2.24) is 15.1 Å². The van der Waals surface area contributed by atoms with Crippen LogP contribution < -0.4 is 5.32 Å². The van der Waals surface area contributed by atoms with E-state index in [1.165, 1.54) is 25.7 Å². The summed E-state index contributed by atoms with van der Waals surface area (Å²) >= 11 is 0. The van der Waals surface area contributed by atoms with Crippen molar-refractivity contribution < 1.29 is 9.47 Å². The van der Waals surface area contributed by atoms with E-state index in [9.17, 15) is 0 Å². The first-order chi connectivity index (χ1) is 13.6. The highest BCUT2D eigenvalue weighted by molar-refractivity contribution is 14.0. The van der Waals surface area contributed by atoms with Gasteiger partial charge in [-0.25, -0.2) is 0 Å². The van der Waals surface area contributed by atoms with Gasteiger partial charge in [0.25, 0.3) is 0 Å². The number of nitrogens with one attached hydrogen (secondary N) is 1. The van der Waals surface area contributed by atoms with E-state index < -0.39 is 0 Å². The third kappa shape index (κ3) is 6.68. The maximum absolute atomic E-state index is 5.86. The number of nitrogens with zero attached hydrogens (tertiary/aromatic N) is 3. The highest BCUT2D eigenvalue weighted by Crippen LogP contribution is 2.32. The maximum Gasteiger partial charge on any atom is 0.193 e. The third-order valence-corrected chi connectivity index (χ3v) is 7.43. The molecule has 1 aliphatic carbocycles. The molecular formula is C22H43IN4O2. The van der Waals surface area contributed by atoms with E-state index in [0.717, 1.165) is 82.6 Å². The highest BCUT2D eigenvalue weighted by atomic mass is 127. The Labute approximate surface area is 195 Å². The molecule has 3 rings (SSSR count). The molecule has 0 spiro atoms. The van der Waals surface area contributed by atoms with Gasteiger partial charge in [0.05, 0.1) is 5.60 Å². The van der Waals surface area contributed by atoms with Gasteiger partial charge in [-0.05, 0) is 37.5 Å². The number of hydrogen-bond acceptors (Lipinski definition) is 4. The average molecular weight is 523 g/mol. The fourth-order valence-corrected chi connectivity index (χ4v) is 5.20. The zero-order chi connectivity index (χ0) is 20.0. The highest BCUT2D eigenvalue weighted by Gasteiger charge is 2.34. The fraction of sp³-hybridized carbons (Fsp3) is 0.955. The quantitative estimate of drug-likeness (QED) is 0.342. The van der Waals surface area contributed by atoms with Gasteiger partial charge in [-0.2, -0.15) is 0 Å². The smallest absolute Gasteiger partial charge is 0.193 e. The molecule has 3 aliphatic rings. The molecule has 1 saturated carbocycles. The molecule has 0 unspecified atom stereocenters. The summed E-state index contributed by atoms with van der Waals surface area (Å²) < 4.78 is 11.4. The summed E-state index contributed by atoms with van der Waals surface area (Å²) in [5, 5.41) is 3.59. The number of hydrogen-bond donors (Lipinski definition) is 1. The minimum atomic E-state index is -0.120. The Bertz CT molecular complexity index is 495. The van der Waals surface area contributed by atoms with E-state index >= 15 is 0 Å². The van der Waals surface area contributed by atoms with Gasteiger partial charge in [0.1, 0.15) is 0 Å². The largest absolute Gasteiger partial charge is 0.381 e. The minimum absolute atomic E-state index is 0. The number of guanidine groups is 1. The van der Waals surface area contributed by atoms with Crippen LogP contribution in [0.5, 0.6) is 0 Å². The van der Waals surface area contributed by atoms with E-state index in [1.807, 2.05) is 14.2 Å². The maximum atomic E-state index is 5.86. The van der Waals surface area contributed by atoms with Crippen LogP contribution in [0.25, 0.3) is 0 Å². The van der Waals surface area contributed by atoms with E-state index in [2.05, 4.69) is 34.0 Å².